The SMILES string of the molecule is CCn1ncnc1CN(CCCC(=O)O)C(C)C. The zero-order valence-corrected chi connectivity index (χ0v) is 11.3. The molecule has 18 heavy (non-hydrogen) atoms. The molecule has 102 valence electrons. The molecule has 6 nitrogen and oxygen atoms in total. The molecule has 1 N–H and O–H groups in total. The summed E-state index contributed by atoms with van der Waals surface area (Å²) in [7, 11) is 0. The number of carbonyl (C=O) groups is 1. The average molecular weight is 254 g/mol. The second kappa shape index (κ2) is 7.10. The van der Waals surface area contributed by atoms with Crippen LogP contribution in [0.5, 0.6) is 0 Å². The third kappa shape index (κ3) is 4.44. The lowest BCUT2D eigenvalue weighted by atomic mass is 10.2. The van der Waals surface area contributed by atoms with E-state index in [1.165, 1.54) is 0 Å². The summed E-state index contributed by atoms with van der Waals surface area (Å²) in [5.41, 5.74) is 0. The number of carboxylic acid groups (broad SMARTS) is 1. The maximum Gasteiger partial charge on any atom is 0.303 e. The van der Waals surface area contributed by atoms with Crippen LogP contribution in [0.3, 0.4) is 0 Å². The van der Waals surface area contributed by atoms with E-state index in [2.05, 4.69) is 28.8 Å². The van der Waals surface area contributed by atoms with Gasteiger partial charge < -0.3 is 5.11 Å². The lowest BCUT2D eigenvalue weighted by Crippen LogP contribution is -2.32. The minimum atomic E-state index is -0.740. The maximum atomic E-state index is 10.5. The van der Waals surface area contributed by atoms with Gasteiger partial charge in [-0.05, 0) is 33.7 Å². The molecule has 0 bridgehead atoms. The average Bonchev–Trinajstić information content (AvgIpc) is 2.74. The topological polar surface area (TPSA) is 71.2 Å². The first-order valence-corrected chi connectivity index (χ1v) is 6.37. The molecule has 0 radical (unpaired) electrons. The third-order valence-corrected chi connectivity index (χ3v) is 2.91. The van der Waals surface area contributed by atoms with Gasteiger partial charge in [0.05, 0.1) is 6.54 Å². The monoisotopic (exact) mass is 254 g/mol. The minimum Gasteiger partial charge on any atom is -0.481 e. The number of aliphatic carboxylic acids is 1. The first kappa shape index (κ1) is 14.6. The van der Waals surface area contributed by atoms with Gasteiger partial charge in [-0.1, -0.05) is 0 Å². The Morgan fingerprint density at radius 3 is 2.83 bits per heavy atom. The summed E-state index contributed by atoms with van der Waals surface area (Å²) < 4.78 is 1.87. The molecule has 0 saturated carbocycles. The molecule has 0 fully saturated rings. The van der Waals surface area contributed by atoms with E-state index in [9.17, 15) is 4.79 Å². The highest BCUT2D eigenvalue weighted by Crippen LogP contribution is 2.07. The van der Waals surface area contributed by atoms with Gasteiger partial charge in [0, 0.05) is 19.0 Å². The van der Waals surface area contributed by atoms with Gasteiger partial charge in [-0.2, -0.15) is 5.10 Å². The van der Waals surface area contributed by atoms with Gasteiger partial charge in [0.25, 0.3) is 0 Å². The summed E-state index contributed by atoms with van der Waals surface area (Å²) in [6, 6.07) is 0.362. The summed E-state index contributed by atoms with van der Waals surface area (Å²) in [4.78, 5) is 17.0. The quantitative estimate of drug-likeness (QED) is 0.758. The van der Waals surface area contributed by atoms with Crippen LogP contribution in [-0.2, 0) is 17.9 Å². The molecule has 0 atom stereocenters. The minimum absolute atomic E-state index is 0.212. The van der Waals surface area contributed by atoms with Crippen LogP contribution in [0.25, 0.3) is 0 Å². The van der Waals surface area contributed by atoms with Crippen molar-refractivity contribution < 1.29 is 9.90 Å². The van der Waals surface area contributed by atoms with Crippen LogP contribution >= 0.6 is 0 Å². The predicted molar refractivity (Wildman–Crippen MR) is 68.1 cm³/mol. The van der Waals surface area contributed by atoms with Crippen LogP contribution in [0.2, 0.25) is 0 Å². The molecule has 0 spiro atoms. The van der Waals surface area contributed by atoms with Crippen LogP contribution in [0.15, 0.2) is 6.33 Å². The van der Waals surface area contributed by atoms with Gasteiger partial charge >= 0.3 is 5.97 Å². The molecule has 1 heterocycles. The van der Waals surface area contributed by atoms with Gasteiger partial charge in [0.15, 0.2) is 0 Å². The van der Waals surface area contributed by atoms with Crippen LogP contribution in [-0.4, -0.2) is 43.3 Å². The molecule has 0 aromatic carbocycles. The van der Waals surface area contributed by atoms with Gasteiger partial charge in [0.2, 0.25) is 0 Å². The lowest BCUT2D eigenvalue weighted by molar-refractivity contribution is -0.137. The van der Waals surface area contributed by atoms with Gasteiger partial charge in [0.1, 0.15) is 12.2 Å². The Morgan fingerprint density at radius 2 is 2.28 bits per heavy atom. The van der Waals surface area contributed by atoms with E-state index in [1.807, 2.05) is 11.6 Å². The molecule has 0 amide bonds. The van der Waals surface area contributed by atoms with Gasteiger partial charge in [-0.15, -0.1) is 0 Å². The number of aromatic nitrogens is 3. The molecule has 1 aromatic heterocycles. The first-order chi connectivity index (χ1) is 8.54. The highest BCUT2D eigenvalue weighted by Gasteiger charge is 2.13. The Morgan fingerprint density at radius 1 is 1.56 bits per heavy atom. The van der Waals surface area contributed by atoms with Crippen molar-refractivity contribution in [1.29, 1.82) is 0 Å². The first-order valence-electron chi connectivity index (χ1n) is 6.37. The molecular weight excluding hydrogens is 232 g/mol. The Hall–Kier alpha value is -1.43. The number of hydrogen-bond donors (Lipinski definition) is 1. The molecule has 0 unspecified atom stereocenters. The normalized spacial score (nSPS) is 11.4. The summed E-state index contributed by atoms with van der Waals surface area (Å²) in [6.45, 7) is 8.52. The molecule has 0 aliphatic heterocycles. The third-order valence-electron chi connectivity index (χ3n) is 2.91. The molecule has 0 aliphatic carbocycles. The van der Waals surface area contributed by atoms with Crippen molar-refractivity contribution in [3.63, 3.8) is 0 Å². The van der Waals surface area contributed by atoms with Crippen LogP contribution in [0, 0.1) is 0 Å². The standard InChI is InChI=1S/C12H22N4O2/c1-4-16-11(13-9-14-16)8-15(10(2)3)7-5-6-12(17)18/h9-10H,4-8H2,1-3H3,(H,17,18). The van der Waals surface area contributed by atoms with E-state index in [-0.39, 0.29) is 6.42 Å². The molecule has 1 rings (SSSR count). The second-order valence-electron chi connectivity index (χ2n) is 4.55. The summed E-state index contributed by atoms with van der Waals surface area (Å²) in [5.74, 6) is 0.192. The van der Waals surface area contributed by atoms with E-state index in [0.717, 1.165) is 18.9 Å². The molecule has 0 saturated heterocycles. The van der Waals surface area contributed by atoms with E-state index in [4.69, 9.17) is 5.11 Å². The lowest BCUT2D eigenvalue weighted by Gasteiger charge is -2.25. The van der Waals surface area contributed by atoms with E-state index in [1.54, 1.807) is 6.33 Å². The van der Waals surface area contributed by atoms with Crippen LogP contribution in [0.4, 0.5) is 0 Å². The zero-order valence-electron chi connectivity index (χ0n) is 11.3. The van der Waals surface area contributed by atoms with Crippen molar-refractivity contribution in [2.24, 2.45) is 0 Å². The van der Waals surface area contributed by atoms with E-state index < -0.39 is 5.97 Å². The van der Waals surface area contributed by atoms with Gasteiger partial charge in [-0.3, -0.25) is 9.69 Å². The largest absolute Gasteiger partial charge is 0.481 e. The molecular formula is C12H22N4O2. The Kier molecular flexibility index (Phi) is 5.77. The number of rotatable bonds is 8. The highest BCUT2D eigenvalue weighted by atomic mass is 16.4. The van der Waals surface area contributed by atoms with Crippen molar-refractivity contribution in [3.8, 4) is 0 Å². The fourth-order valence-corrected chi connectivity index (χ4v) is 1.81. The Labute approximate surface area is 108 Å². The van der Waals surface area contributed by atoms with Crippen LogP contribution in [0.1, 0.15) is 39.4 Å². The van der Waals surface area contributed by atoms with Crippen molar-refractivity contribution in [2.75, 3.05) is 6.54 Å². The van der Waals surface area contributed by atoms with E-state index in [0.29, 0.717) is 19.0 Å². The van der Waals surface area contributed by atoms with Crippen molar-refractivity contribution >= 4 is 5.97 Å². The number of hydrogen-bond acceptors (Lipinski definition) is 4. The fourth-order valence-electron chi connectivity index (χ4n) is 1.81. The number of carboxylic acids is 1. The second-order valence-corrected chi connectivity index (χ2v) is 4.55. The van der Waals surface area contributed by atoms with Crippen LogP contribution < -0.4 is 0 Å². The van der Waals surface area contributed by atoms with Crippen molar-refractivity contribution in [1.82, 2.24) is 19.7 Å². The predicted octanol–water partition coefficient (Wildman–Crippen LogP) is 1.37. The smallest absolute Gasteiger partial charge is 0.303 e. The molecule has 6 heteroatoms. The maximum absolute atomic E-state index is 10.5. The summed E-state index contributed by atoms with van der Waals surface area (Å²) >= 11 is 0. The highest BCUT2D eigenvalue weighted by molar-refractivity contribution is 5.66. The van der Waals surface area contributed by atoms with Gasteiger partial charge in [-0.25, -0.2) is 9.67 Å². The fraction of sp³-hybridized carbons (Fsp3) is 0.750. The van der Waals surface area contributed by atoms with Crippen molar-refractivity contribution in [2.45, 2.75) is 52.7 Å². The number of nitrogens with zero attached hydrogens (tertiary/aromatic N) is 4. The molecule has 0 aliphatic rings. The molecule has 1 aromatic rings. The Balaban J connectivity index is 2.55. The number of aryl methyl sites for hydroxylation is 1. The zero-order chi connectivity index (χ0) is 13.5. The Bertz CT molecular complexity index is 376. The van der Waals surface area contributed by atoms with Crippen molar-refractivity contribution in [3.05, 3.63) is 12.2 Å². The summed E-state index contributed by atoms with van der Waals surface area (Å²) in [6.07, 6.45) is 2.44. The van der Waals surface area contributed by atoms with E-state index >= 15 is 0 Å². The summed E-state index contributed by atoms with van der Waals surface area (Å²) in [5, 5.41) is 12.8.